The van der Waals surface area contributed by atoms with Crippen molar-refractivity contribution < 1.29 is 22.4 Å². The van der Waals surface area contributed by atoms with E-state index < -0.39 is 15.9 Å². The third-order valence-corrected chi connectivity index (χ3v) is 6.85. The normalized spacial score (nSPS) is 12.5. The summed E-state index contributed by atoms with van der Waals surface area (Å²) in [5.74, 6) is 0.170. The van der Waals surface area contributed by atoms with Gasteiger partial charge in [-0.2, -0.15) is 0 Å². The third-order valence-electron chi connectivity index (χ3n) is 6.30. The van der Waals surface area contributed by atoms with Crippen molar-refractivity contribution in [1.82, 2.24) is 9.71 Å². The van der Waals surface area contributed by atoms with Crippen LogP contribution in [0.3, 0.4) is 0 Å². The molecule has 0 spiro atoms. The van der Waals surface area contributed by atoms with Crippen LogP contribution in [-0.4, -0.2) is 25.6 Å². The van der Waals surface area contributed by atoms with Gasteiger partial charge in [0.1, 0.15) is 23.1 Å². The second kappa shape index (κ2) is 9.37. The molecule has 1 N–H and O–H groups in total. The molecule has 0 saturated heterocycles. The quantitative estimate of drug-likeness (QED) is 0.294. The number of carbonyl (C=O) groups excluding carboxylic acids is 1. The summed E-state index contributed by atoms with van der Waals surface area (Å²) in [5, 5.41) is 1.37. The van der Waals surface area contributed by atoms with Gasteiger partial charge in [0.15, 0.2) is 5.76 Å². The second-order valence-electron chi connectivity index (χ2n) is 9.09. The second-order valence-corrected chi connectivity index (χ2v) is 10.8. The van der Waals surface area contributed by atoms with Crippen LogP contribution in [0.25, 0.3) is 33.3 Å². The van der Waals surface area contributed by atoms with E-state index in [9.17, 15) is 13.2 Å². The Morgan fingerprint density at radius 1 is 1.00 bits per heavy atom. The molecule has 0 bridgehead atoms. The number of nitrogens with one attached hydrogen (secondary N) is 1. The zero-order valence-corrected chi connectivity index (χ0v) is 21.7. The number of benzene rings is 3. The minimum Gasteiger partial charge on any atom is -0.485 e. The fraction of sp³-hybridized carbons (Fsp3) is 0.172. The first kappa shape index (κ1) is 24.5. The summed E-state index contributed by atoms with van der Waals surface area (Å²) in [7, 11) is -3.82. The first-order valence-corrected chi connectivity index (χ1v) is 13.7. The van der Waals surface area contributed by atoms with Crippen LogP contribution in [0.4, 0.5) is 0 Å². The van der Waals surface area contributed by atoms with Crippen LogP contribution < -0.4 is 9.46 Å². The Morgan fingerprint density at radius 2 is 1.70 bits per heavy atom. The molecule has 0 aliphatic carbocycles. The monoisotopic (exact) mass is 514 g/mol. The number of furan rings is 1. The molecule has 0 fully saturated rings. The van der Waals surface area contributed by atoms with E-state index in [-0.39, 0.29) is 11.7 Å². The van der Waals surface area contributed by atoms with Gasteiger partial charge < -0.3 is 9.15 Å². The average molecular weight is 515 g/mol. The summed E-state index contributed by atoms with van der Waals surface area (Å²) in [6.45, 7) is 5.72. The molecular formula is C29H26N2O5S. The number of aromatic nitrogens is 1. The van der Waals surface area contributed by atoms with Crippen LogP contribution in [0.1, 0.15) is 40.1 Å². The van der Waals surface area contributed by atoms with E-state index >= 15 is 0 Å². The fourth-order valence-electron chi connectivity index (χ4n) is 4.46. The Kier molecular flexibility index (Phi) is 6.21. The molecule has 5 aromatic rings. The Labute approximate surface area is 215 Å². The molecule has 1 amide bonds. The fourth-order valence-corrected chi connectivity index (χ4v) is 4.91. The number of ether oxygens (including phenoxy) is 1. The van der Waals surface area contributed by atoms with Gasteiger partial charge in [0.05, 0.1) is 22.7 Å². The number of pyridine rings is 1. The molecule has 7 nitrogen and oxygen atoms in total. The molecule has 2 heterocycles. The number of rotatable bonds is 6. The highest BCUT2D eigenvalue weighted by Gasteiger charge is 2.24. The number of aryl methyl sites for hydroxylation is 2. The van der Waals surface area contributed by atoms with Crippen molar-refractivity contribution in [2.24, 2.45) is 0 Å². The molecule has 0 aliphatic heterocycles. The number of carbonyl (C=O) groups is 1. The molecular weight excluding hydrogens is 488 g/mol. The van der Waals surface area contributed by atoms with Gasteiger partial charge in [-0.05, 0) is 50.1 Å². The van der Waals surface area contributed by atoms with Crippen molar-refractivity contribution in [1.29, 1.82) is 0 Å². The number of para-hydroxylation sites is 1. The van der Waals surface area contributed by atoms with E-state index in [0.717, 1.165) is 28.3 Å². The van der Waals surface area contributed by atoms with Crippen LogP contribution in [-0.2, 0) is 10.0 Å². The zero-order chi connectivity index (χ0) is 26.3. The molecule has 1 unspecified atom stereocenters. The molecule has 5 rings (SSSR count). The predicted molar refractivity (Wildman–Crippen MR) is 144 cm³/mol. The van der Waals surface area contributed by atoms with Crippen LogP contribution in [0, 0.1) is 13.8 Å². The van der Waals surface area contributed by atoms with Crippen molar-refractivity contribution in [3.05, 3.63) is 95.1 Å². The lowest BCUT2D eigenvalue weighted by Gasteiger charge is -2.19. The van der Waals surface area contributed by atoms with E-state index in [1.807, 2.05) is 81.4 Å². The number of hydrogen-bond acceptors (Lipinski definition) is 6. The summed E-state index contributed by atoms with van der Waals surface area (Å²) in [4.78, 5) is 18.2. The van der Waals surface area contributed by atoms with E-state index in [1.165, 1.54) is 0 Å². The summed E-state index contributed by atoms with van der Waals surface area (Å²) < 4.78 is 38.5. The Hall–Kier alpha value is -4.17. The van der Waals surface area contributed by atoms with Gasteiger partial charge in [-0.3, -0.25) is 4.79 Å². The first-order valence-electron chi connectivity index (χ1n) is 11.8. The lowest BCUT2D eigenvalue weighted by atomic mass is 10.0. The van der Waals surface area contributed by atoms with Crippen molar-refractivity contribution in [3.8, 4) is 17.2 Å². The first-order chi connectivity index (χ1) is 17.6. The zero-order valence-electron chi connectivity index (χ0n) is 20.9. The minimum atomic E-state index is -3.82. The van der Waals surface area contributed by atoms with Gasteiger partial charge in [-0.15, -0.1) is 0 Å². The largest absolute Gasteiger partial charge is 0.485 e. The Morgan fingerprint density at radius 3 is 2.41 bits per heavy atom. The maximum absolute atomic E-state index is 13.3. The van der Waals surface area contributed by atoms with Crippen LogP contribution in [0.15, 0.2) is 77.2 Å². The number of amides is 1. The maximum Gasteiger partial charge on any atom is 0.265 e. The molecule has 8 heteroatoms. The van der Waals surface area contributed by atoms with E-state index in [4.69, 9.17) is 14.1 Å². The summed E-state index contributed by atoms with van der Waals surface area (Å²) in [6, 6.07) is 22.5. The van der Waals surface area contributed by atoms with E-state index in [0.29, 0.717) is 33.7 Å². The van der Waals surface area contributed by atoms with Gasteiger partial charge in [0, 0.05) is 10.9 Å². The summed E-state index contributed by atoms with van der Waals surface area (Å²) in [5.41, 5.74) is 4.41. The topological polar surface area (TPSA) is 98.5 Å². The summed E-state index contributed by atoms with van der Waals surface area (Å²) >= 11 is 0. The summed E-state index contributed by atoms with van der Waals surface area (Å²) in [6.07, 6.45) is 0.619. The molecule has 0 radical (unpaired) electrons. The standard InChI is InChI=1S/C29H26N2O5S/c1-17-14-15-25(35-19(3)20-10-6-5-7-11-20)26-22(29(32)31-37(4,33)34)16-23(30-27(17)26)28-18(2)21-12-8-9-13-24(21)36-28/h5-16,19H,1-4H3,(H,31,32). The van der Waals surface area contributed by atoms with Gasteiger partial charge in [0.25, 0.3) is 5.91 Å². The number of hydrogen-bond donors (Lipinski definition) is 1. The Bertz CT molecular complexity index is 1760. The molecule has 2 aromatic heterocycles. The van der Waals surface area contributed by atoms with E-state index in [2.05, 4.69) is 4.72 Å². The highest BCUT2D eigenvalue weighted by atomic mass is 32.2. The van der Waals surface area contributed by atoms with Crippen molar-refractivity contribution in [3.63, 3.8) is 0 Å². The number of fused-ring (bicyclic) bond motifs is 2. The van der Waals surface area contributed by atoms with Crippen LogP contribution >= 0.6 is 0 Å². The molecule has 188 valence electrons. The van der Waals surface area contributed by atoms with Gasteiger partial charge in [0.2, 0.25) is 10.0 Å². The van der Waals surface area contributed by atoms with Crippen molar-refractivity contribution >= 4 is 37.8 Å². The minimum absolute atomic E-state index is 0.129. The lowest BCUT2D eigenvalue weighted by Crippen LogP contribution is -2.29. The molecule has 0 saturated carbocycles. The highest BCUT2D eigenvalue weighted by molar-refractivity contribution is 7.89. The van der Waals surface area contributed by atoms with Crippen molar-refractivity contribution in [2.45, 2.75) is 26.9 Å². The molecule has 1 atom stereocenters. The maximum atomic E-state index is 13.3. The van der Waals surface area contributed by atoms with Crippen LogP contribution in [0.5, 0.6) is 5.75 Å². The predicted octanol–water partition coefficient (Wildman–Crippen LogP) is 6.09. The number of nitrogens with zero attached hydrogens (tertiary/aromatic N) is 1. The molecule has 0 aliphatic rings. The third kappa shape index (κ3) is 4.80. The Balaban J connectivity index is 1.74. The SMILES string of the molecule is Cc1c(-c2cc(C(=O)NS(C)(=O)=O)c3c(OC(C)c4ccccc4)ccc(C)c3n2)oc2ccccc12. The van der Waals surface area contributed by atoms with Gasteiger partial charge >= 0.3 is 0 Å². The van der Waals surface area contributed by atoms with Gasteiger partial charge in [-0.25, -0.2) is 18.1 Å². The van der Waals surface area contributed by atoms with Gasteiger partial charge in [-0.1, -0.05) is 54.6 Å². The van der Waals surface area contributed by atoms with Crippen molar-refractivity contribution in [2.75, 3.05) is 6.26 Å². The number of sulfonamides is 1. The molecule has 3 aromatic carbocycles. The van der Waals surface area contributed by atoms with Crippen LogP contribution in [0.2, 0.25) is 0 Å². The lowest BCUT2D eigenvalue weighted by molar-refractivity contribution is 0.0982. The highest BCUT2D eigenvalue weighted by Crippen LogP contribution is 2.38. The van der Waals surface area contributed by atoms with E-state index in [1.54, 1.807) is 12.1 Å². The smallest absolute Gasteiger partial charge is 0.265 e. The molecule has 37 heavy (non-hydrogen) atoms. The average Bonchev–Trinajstić information content (AvgIpc) is 3.21.